The van der Waals surface area contributed by atoms with E-state index in [1.54, 1.807) is 6.92 Å². The minimum Gasteiger partial charge on any atom is -0.295 e. The van der Waals surface area contributed by atoms with Crippen LogP contribution in [0.3, 0.4) is 0 Å². The van der Waals surface area contributed by atoms with E-state index in [1.807, 2.05) is 0 Å². The van der Waals surface area contributed by atoms with E-state index in [4.69, 9.17) is 0 Å². The van der Waals surface area contributed by atoms with E-state index in [-0.39, 0.29) is 10.8 Å². The van der Waals surface area contributed by atoms with Crippen LogP contribution >= 0.6 is 0 Å². The summed E-state index contributed by atoms with van der Waals surface area (Å²) in [6, 6.07) is 22.1. The smallest absolute Gasteiger partial charge is 0.154 e. The molecule has 0 N–H and O–H groups in total. The van der Waals surface area contributed by atoms with Crippen LogP contribution in [0, 0.1) is 0 Å². The topological polar surface area (TPSA) is 17.1 Å². The average molecular weight is 323 g/mol. The molecular weight excluding hydrogens is 296 g/mol. The van der Waals surface area contributed by atoms with Crippen molar-refractivity contribution in [3.63, 3.8) is 0 Å². The molecule has 0 saturated heterocycles. The molecule has 2 rings (SSSR count). The normalized spacial score (nSPS) is 12.0. The fourth-order valence-electron chi connectivity index (χ4n) is 3.39. The Bertz CT molecular complexity index is 641. The van der Waals surface area contributed by atoms with Crippen LogP contribution in [0.25, 0.3) is 0 Å². The van der Waals surface area contributed by atoms with Gasteiger partial charge >= 0.3 is 0 Å². The number of carbonyl (C=O) groups is 1. The second-order valence-corrected chi connectivity index (χ2v) is 12.0. The quantitative estimate of drug-likeness (QED) is 0.596. The van der Waals surface area contributed by atoms with Gasteiger partial charge in [0.05, 0.1) is 0 Å². The average Bonchev–Trinajstić information content (AvgIpc) is 2.52. The van der Waals surface area contributed by atoms with Crippen molar-refractivity contribution in [1.82, 2.24) is 0 Å². The van der Waals surface area contributed by atoms with Gasteiger partial charge in [-0.3, -0.25) is 4.79 Å². The molecule has 0 aromatic heterocycles. The number of benzene rings is 2. The van der Waals surface area contributed by atoms with Crippen molar-refractivity contribution >= 4 is 24.2 Å². The molecule has 2 aromatic rings. The fraction of sp³-hybridized carbons (Fsp3) is 0.286. The molecule has 1 nitrogen and oxygen atoms in total. The molecule has 0 aliphatic carbocycles. The van der Waals surface area contributed by atoms with Gasteiger partial charge in [-0.2, -0.15) is 0 Å². The Morgan fingerprint density at radius 2 is 1.30 bits per heavy atom. The highest BCUT2D eigenvalue weighted by molar-refractivity contribution is 7.04. The zero-order valence-electron chi connectivity index (χ0n) is 14.6. The maximum absolute atomic E-state index is 11.9. The predicted molar refractivity (Wildman–Crippen MR) is 102 cm³/mol. The summed E-state index contributed by atoms with van der Waals surface area (Å²) in [6.45, 7) is 12.6. The Labute approximate surface area is 141 Å². The monoisotopic (exact) mass is 322 g/mol. The first-order valence-corrected chi connectivity index (χ1v) is 10.3. The molecule has 120 valence electrons. The molecule has 0 amide bonds. The summed E-state index contributed by atoms with van der Waals surface area (Å²) >= 11 is 0. The van der Waals surface area contributed by atoms with Crippen molar-refractivity contribution in [2.45, 2.75) is 38.8 Å². The molecule has 0 aliphatic heterocycles. The third-order valence-corrected chi connectivity index (χ3v) is 10.9. The van der Waals surface area contributed by atoms with E-state index in [9.17, 15) is 4.79 Å². The van der Waals surface area contributed by atoms with Crippen molar-refractivity contribution in [2.75, 3.05) is 0 Å². The number of allylic oxidation sites excluding steroid dienone is 1. The van der Waals surface area contributed by atoms with E-state index < -0.39 is 8.07 Å². The maximum atomic E-state index is 11.9. The van der Waals surface area contributed by atoms with Gasteiger partial charge in [0, 0.05) is 0 Å². The number of hydrogen-bond donors (Lipinski definition) is 0. The lowest BCUT2D eigenvalue weighted by Gasteiger charge is -2.44. The first-order valence-electron chi connectivity index (χ1n) is 8.09. The van der Waals surface area contributed by atoms with Crippen LogP contribution < -0.4 is 10.4 Å². The molecule has 0 spiro atoms. The van der Waals surface area contributed by atoms with Crippen LogP contribution in [0.5, 0.6) is 0 Å². The van der Waals surface area contributed by atoms with Gasteiger partial charge in [-0.05, 0) is 23.6 Å². The van der Waals surface area contributed by atoms with Gasteiger partial charge in [-0.15, -0.1) is 0 Å². The molecule has 2 aromatic carbocycles. The Balaban J connectivity index is 2.75. The van der Waals surface area contributed by atoms with Crippen molar-refractivity contribution in [3.05, 3.63) is 72.8 Å². The number of rotatable bonds is 5. The first-order chi connectivity index (χ1) is 10.8. The van der Waals surface area contributed by atoms with Crippen molar-refractivity contribution in [1.29, 1.82) is 0 Å². The molecule has 0 fully saturated rings. The maximum Gasteiger partial charge on any atom is 0.154 e. The minimum absolute atomic E-state index is 0.0636. The fourth-order valence-corrected chi connectivity index (χ4v) is 8.81. The highest BCUT2D eigenvalue weighted by Gasteiger charge is 2.47. The molecular formula is C21H26OSi. The summed E-state index contributed by atoms with van der Waals surface area (Å²) < 4.78 is 0. The lowest BCUT2D eigenvalue weighted by Crippen LogP contribution is -2.64. The van der Waals surface area contributed by atoms with E-state index >= 15 is 0 Å². The van der Waals surface area contributed by atoms with Gasteiger partial charge in [-0.25, -0.2) is 0 Å². The van der Waals surface area contributed by atoms with E-state index in [1.165, 1.54) is 10.4 Å². The van der Waals surface area contributed by atoms with Crippen LogP contribution in [0.1, 0.15) is 27.7 Å². The third-order valence-electron chi connectivity index (χ3n) is 4.79. The van der Waals surface area contributed by atoms with Crippen LogP contribution in [-0.2, 0) is 4.79 Å². The lowest BCUT2D eigenvalue weighted by atomic mass is 10.2. The second-order valence-electron chi connectivity index (χ2n) is 7.22. The molecule has 2 heteroatoms. The third kappa shape index (κ3) is 3.37. The zero-order valence-corrected chi connectivity index (χ0v) is 15.6. The van der Waals surface area contributed by atoms with Crippen LogP contribution in [0.15, 0.2) is 72.8 Å². The number of carbonyl (C=O) groups excluding carboxylic acids is 1. The lowest BCUT2D eigenvalue weighted by molar-refractivity contribution is -0.113. The molecule has 0 aliphatic rings. The largest absolute Gasteiger partial charge is 0.295 e. The predicted octanol–water partition coefficient (Wildman–Crippen LogP) is 4.19. The zero-order chi connectivity index (χ0) is 17.1. The van der Waals surface area contributed by atoms with Gasteiger partial charge in [0.15, 0.2) is 5.78 Å². The van der Waals surface area contributed by atoms with Gasteiger partial charge in [0.2, 0.25) is 0 Å². The van der Waals surface area contributed by atoms with Crippen LogP contribution in [0.2, 0.25) is 11.1 Å². The molecule has 0 atom stereocenters. The molecule has 0 bridgehead atoms. The number of Topliss-reactive ketones (excluding diaryl/α,β-unsaturated/α-hetero) is 1. The Morgan fingerprint density at radius 3 is 1.61 bits per heavy atom. The summed E-state index contributed by atoms with van der Waals surface area (Å²) in [5.41, 5.74) is 0.735. The van der Waals surface area contributed by atoms with Crippen LogP contribution in [-0.4, -0.2) is 13.9 Å². The van der Waals surface area contributed by atoms with E-state index in [0.717, 1.165) is 11.6 Å². The van der Waals surface area contributed by atoms with Gasteiger partial charge in [-0.1, -0.05) is 98.4 Å². The second kappa shape index (κ2) is 6.67. The Kier molecular flexibility index (Phi) is 5.05. The summed E-state index contributed by atoms with van der Waals surface area (Å²) in [7, 11) is -2.20. The van der Waals surface area contributed by atoms with Gasteiger partial charge in [0.25, 0.3) is 0 Å². The molecule has 0 heterocycles. The Morgan fingerprint density at radius 1 is 0.913 bits per heavy atom. The van der Waals surface area contributed by atoms with Crippen molar-refractivity contribution < 1.29 is 4.79 Å². The van der Waals surface area contributed by atoms with E-state index in [2.05, 4.69) is 88.0 Å². The first kappa shape index (κ1) is 17.4. The molecule has 23 heavy (non-hydrogen) atoms. The summed E-state index contributed by atoms with van der Waals surface area (Å²) in [4.78, 5) is 11.9. The number of hydrogen-bond acceptors (Lipinski definition) is 1. The van der Waals surface area contributed by atoms with Crippen molar-refractivity contribution in [2.24, 2.45) is 0 Å². The SMILES string of the molecule is C=C(C[Si](c1ccccc1)(c1ccccc1)C(C)(C)C)C(C)=O. The highest BCUT2D eigenvalue weighted by atomic mass is 28.3. The molecule has 0 radical (unpaired) electrons. The van der Waals surface area contributed by atoms with E-state index in [0.29, 0.717) is 0 Å². The summed E-state index contributed by atoms with van der Waals surface area (Å²) in [5, 5.41) is 2.79. The number of ketones is 1. The van der Waals surface area contributed by atoms with Crippen molar-refractivity contribution in [3.8, 4) is 0 Å². The molecule has 0 saturated carbocycles. The molecule has 0 unspecified atom stereocenters. The van der Waals surface area contributed by atoms with Crippen LogP contribution in [0.4, 0.5) is 0 Å². The van der Waals surface area contributed by atoms with Gasteiger partial charge < -0.3 is 0 Å². The highest BCUT2D eigenvalue weighted by Crippen LogP contribution is 2.40. The van der Waals surface area contributed by atoms with Gasteiger partial charge in [0.1, 0.15) is 8.07 Å². The summed E-state index contributed by atoms with van der Waals surface area (Å²) in [6.07, 6.45) is 0. The summed E-state index contributed by atoms with van der Waals surface area (Å²) in [5.74, 6) is 0.0954. The minimum atomic E-state index is -2.20. The Hall–Kier alpha value is -1.93. The standard InChI is InChI=1S/C21H26OSi/c1-17(18(2)22)16-23(21(3,4)5,19-12-8-6-9-13-19)20-14-10-7-11-15-20/h6-15H,1,16H2,2-5H3.